The predicted molar refractivity (Wildman–Crippen MR) is 68.8 cm³/mol. The fraction of sp³-hybridized carbons (Fsp3) is 0.308. The van der Waals surface area contributed by atoms with E-state index in [9.17, 15) is 0 Å². The number of fused-ring (bicyclic) bond motifs is 1. The summed E-state index contributed by atoms with van der Waals surface area (Å²) in [6, 6.07) is 8.40. The number of hydrogen-bond acceptors (Lipinski definition) is 3. The number of rotatable bonds is 3. The van der Waals surface area contributed by atoms with Gasteiger partial charge >= 0.3 is 0 Å². The Morgan fingerprint density at radius 2 is 2.06 bits per heavy atom. The van der Waals surface area contributed by atoms with Crippen LogP contribution in [0.4, 0.5) is 5.82 Å². The summed E-state index contributed by atoms with van der Waals surface area (Å²) in [6.07, 6.45) is 0. The third kappa shape index (κ3) is 1.99. The Morgan fingerprint density at radius 1 is 1.25 bits per heavy atom. The summed E-state index contributed by atoms with van der Waals surface area (Å²) in [5, 5.41) is 4.44. The first kappa shape index (κ1) is 10.9. The Morgan fingerprint density at radius 3 is 2.81 bits per heavy atom. The Labute approximate surface area is 95.7 Å². The van der Waals surface area contributed by atoms with Crippen molar-refractivity contribution in [1.29, 1.82) is 0 Å². The number of pyridine rings is 1. The van der Waals surface area contributed by atoms with Gasteiger partial charge in [-0.1, -0.05) is 18.2 Å². The van der Waals surface area contributed by atoms with E-state index in [1.165, 1.54) is 10.9 Å². The molecule has 0 unspecified atom stereocenters. The summed E-state index contributed by atoms with van der Waals surface area (Å²) in [7, 11) is 0. The zero-order valence-electron chi connectivity index (χ0n) is 9.75. The van der Waals surface area contributed by atoms with Crippen LogP contribution in [0.15, 0.2) is 24.3 Å². The van der Waals surface area contributed by atoms with E-state index in [1.54, 1.807) is 0 Å². The third-order valence-electron chi connectivity index (χ3n) is 2.67. The minimum atomic E-state index is 0.618. The van der Waals surface area contributed by atoms with E-state index in [0.717, 1.165) is 23.4 Å². The Kier molecular flexibility index (Phi) is 3.06. The summed E-state index contributed by atoms with van der Waals surface area (Å²) in [5.41, 5.74) is 8.90. The number of hydrogen-bond donors (Lipinski definition) is 2. The summed E-state index contributed by atoms with van der Waals surface area (Å²) in [4.78, 5) is 4.65. The summed E-state index contributed by atoms with van der Waals surface area (Å²) in [6.45, 7) is 5.52. The first-order chi connectivity index (χ1) is 7.72. The van der Waals surface area contributed by atoms with Crippen molar-refractivity contribution in [3.05, 3.63) is 35.4 Å². The highest BCUT2D eigenvalue weighted by Crippen LogP contribution is 2.21. The molecule has 0 aliphatic carbocycles. The van der Waals surface area contributed by atoms with Gasteiger partial charge in [0.05, 0.1) is 5.52 Å². The normalized spacial score (nSPS) is 10.7. The van der Waals surface area contributed by atoms with Gasteiger partial charge < -0.3 is 11.1 Å². The Bertz CT molecular complexity index is 506. The predicted octanol–water partition coefficient (Wildman–Crippen LogP) is 2.22. The van der Waals surface area contributed by atoms with Crippen LogP contribution in [0, 0.1) is 13.8 Å². The second-order valence-electron chi connectivity index (χ2n) is 4.02. The van der Waals surface area contributed by atoms with Crippen molar-refractivity contribution in [2.75, 3.05) is 18.4 Å². The molecule has 0 amide bonds. The average Bonchev–Trinajstić information content (AvgIpc) is 2.27. The molecule has 1 aromatic carbocycles. The SMILES string of the molecule is Cc1cc2cccc(C)c2nc1NCCN. The van der Waals surface area contributed by atoms with Gasteiger partial charge in [-0.3, -0.25) is 0 Å². The molecule has 0 aliphatic rings. The zero-order valence-corrected chi connectivity index (χ0v) is 9.75. The van der Waals surface area contributed by atoms with Crippen LogP contribution >= 0.6 is 0 Å². The summed E-state index contributed by atoms with van der Waals surface area (Å²) in [5.74, 6) is 0.937. The fourth-order valence-corrected chi connectivity index (χ4v) is 1.82. The standard InChI is InChI=1S/C13H17N3/c1-9-4-3-5-11-8-10(2)13(15-7-6-14)16-12(9)11/h3-5,8H,6-7,14H2,1-2H3,(H,15,16). The van der Waals surface area contributed by atoms with Gasteiger partial charge in [-0.25, -0.2) is 4.98 Å². The molecule has 2 rings (SSSR count). The fourth-order valence-electron chi connectivity index (χ4n) is 1.82. The maximum atomic E-state index is 5.48. The molecule has 1 aromatic heterocycles. The summed E-state index contributed by atoms with van der Waals surface area (Å²) >= 11 is 0. The van der Waals surface area contributed by atoms with Crippen LogP contribution in [0.25, 0.3) is 10.9 Å². The lowest BCUT2D eigenvalue weighted by Crippen LogP contribution is -2.14. The van der Waals surface area contributed by atoms with E-state index >= 15 is 0 Å². The molecule has 0 spiro atoms. The van der Waals surface area contributed by atoms with Gasteiger partial charge in [-0.15, -0.1) is 0 Å². The Hall–Kier alpha value is -1.61. The first-order valence-electron chi connectivity index (χ1n) is 5.53. The number of anilines is 1. The highest BCUT2D eigenvalue weighted by atomic mass is 15.0. The van der Waals surface area contributed by atoms with Gasteiger partial charge in [0.2, 0.25) is 0 Å². The maximum absolute atomic E-state index is 5.48. The minimum Gasteiger partial charge on any atom is -0.369 e. The van der Waals surface area contributed by atoms with Crippen molar-refractivity contribution in [2.45, 2.75) is 13.8 Å². The smallest absolute Gasteiger partial charge is 0.129 e. The zero-order chi connectivity index (χ0) is 11.5. The lowest BCUT2D eigenvalue weighted by Gasteiger charge is -2.10. The second-order valence-corrected chi connectivity index (χ2v) is 4.02. The van der Waals surface area contributed by atoms with E-state index < -0.39 is 0 Å². The molecule has 0 bridgehead atoms. The minimum absolute atomic E-state index is 0.618. The van der Waals surface area contributed by atoms with Crippen molar-refractivity contribution >= 4 is 16.7 Å². The highest BCUT2D eigenvalue weighted by Gasteiger charge is 2.04. The molecule has 3 N–H and O–H groups in total. The monoisotopic (exact) mass is 215 g/mol. The number of benzene rings is 1. The van der Waals surface area contributed by atoms with Gasteiger partial charge in [-0.2, -0.15) is 0 Å². The Balaban J connectivity index is 2.51. The lowest BCUT2D eigenvalue weighted by atomic mass is 10.1. The van der Waals surface area contributed by atoms with Gasteiger partial charge in [0.1, 0.15) is 5.82 Å². The molecule has 0 aliphatic heterocycles. The van der Waals surface area contributed by atoms with Crippen LogP contribution in [0.3, 0.4) is 0 Å². The maximum Gasteiger partial charge on any atom is 0.129 e. The van der Waals surface area contributed by atoms with Crippen LogP contribution in [0.5, 0.6) is 0 Å². The van der Waals surface area contributed by atoms with Crippen molar-refractivity contribution in [3.63, 3.8) is 0 Å². The van der Waals surface area contributed by atoms with E-state index in [1.807, 2.05) is 0 Å². The number of aryl methyl sites for hydroxylation is 2. The van der Waals surface area contributed by atoms with Gasteiger partial charge in [0.25, 0.3) is 0 Å². The van der Waals surface area contributed by atoms with E-state index in [2.05, 4.69) is 48.4 Å². The van der Waals surface area contributed by atoms with Crippen molar-refractivity contribution in [3.8, 4) is 0 Å². The second kappa shape index (κ2) is 4.49. The molecule has 0 fully saturated rings. The highest BCUT2D eigenvalue weighted by molar-refractivity contribution is 5.84. The van der Waals surface area contributed by atoms with Gasteiger partial charge in [-0.05, 0) is 31.0 Å². The van der Waals surface area contributed by atoms with E-state index in [4.69, 9.17) is 5.73 Å². The van der Waals surface area contributed by atoms with E-state index in [0.29, 0.717) is 6.54 Å². The van der Waals surface area contributed by atoms with Crippen LogP contribution in [0.1, 0.15) is 11.1 Å². The number of nitrogens with two attached hydrogens (primary N) is 1. The first-order valence-corrected chi connectivity index (χ1v) is 5.53. The topological polar surface area (TPSA) is 50.9 Å². The molecule has 0 atom stereocenters. The van der Waals surface area contributed by atoms with Crippen LogP contribution in [-0.2, 0) is 0 Å². The van der Waals surface area contributed by atoms with E-state index in [-0.39, 0.29) is 0 Å². The number of aromatic nitrogens is 1. The van der Waals surface area contributed by atoms with Gasteiger partial charge in [0, 0.05) is 18.5 Å². The molecule has 2 aromatic rings. The number of para-hydroxylation sites is 1. The third-order valence-corrected chi connectivity index (χ3v) is 2.67. The quantitative estimate of drug-likeness (QED) is 0.825. The molecular weight excluding hydrogens is 198 g/mol. The molecule has 3 nitrogen and oxygen atoms in total. The molecule has 16 heavy (non-hydrogen) atoms. The molecule has 0 saturated carbocycles. The van der Waals surface area contributed by atoms with Crippen molar-refractivity contribution in [2.24, 2.45) is 5.73 Å². The average molecular weight is 215 g/mol. The van der Waals surface area contributed by atoms with Crippen LogP contribution in [-0.4, -0.2) is 18.1 Å². The number of nitrogens with zero attached hydrogens (tertiary/aromatic N) is 1. The number of nitrogens with one attached hydrogen (secondary N) is 1. The lowest BCUT2D eigenvalue weighted by molar-refractivity contribution is 1.01. The van der Waals surface area contributed by atoms with Crippen LogP contribution < -0.4 is 11.1 Å². The molecule has 0 radical (unpaired) electrons. The molecule has 0 saturated heterocycles. The molecular formula is C13H17N3. The van der Waals surface area contributed by atoms with Crippen LogP contribution in [0.2, 0.25) is 0 Å². The van der Waals surface area contributed by atoms with Crippen molar-refractivity contribution < 1.29 is 0 Å². The largest absolute Gasteiger partial charge is 0.369 e. The molecule has 84 valence electrons. The summed E-state index contributed by atoms with van der Waals surface area (Å²) < 4.78 is 0. The molecule has 3 heteroatoms. The molecule has 1 heterocycles. The van der Waals surface area contributed by atoms with Crippen molar-refractivity contribution in [1.82, 2.24) is 4.98 Å². The van der Waals surface area contributed by atoms with Gasteiger partial charge in [0.15, 0.2) is 0 Å².